The lowest BCUT2D eigenvalue weighted by molar-refractivity contribution is 0.311. The third-order valence-corrected chi connectivity index (χ3v) is 2.09. The van der Waals surface area contributed by atoms with Gasteiger partial charge in [0, 0.05) is 11.8 Å². The molecule has 1 unspecified atom stereocenters. The van der Waals surface area contributed by atoms with Crippen LogP contribution < -0.4 is 0 Å². The highest BCUT2D eigenvalue weighted by Crippen LogP contribution is 2.29. The van der Waals surface area contributed by atoms with Gasteiger partial charge in [0.25, 0.3) is 0 Å². The van der Waals surface area contributed by atoms with Crippen molar-refractivity contribution < 1.29 is 0 Å². The fourth-order valence-electron chi connectivity index (χ4n) is 1.39. The molecule has 0 N–H and O–H groups in total. The average Bonchev–Trinajstić information content (AvgIpc) is 1.84. The van der Waals surface area contributed by atoms with Crippen LogP contribution in [0.25, 0.3) is 0 Å². The summed E-state index contributed by atoms with van der Waals surface area (Å²) >= 11 is 5.94. The van der Waals surface area contributed by atoms with Crippen molar-refractivity contribution >= 4 is 11.6 Å². The monoisotopic (exact) mass is 186 g/mol. The second kappa shape index (κ2) is 5.49. The minimum Gasteiger partial charge on any atom is -0.123 e. The molecule has 0 saturated carbocycles. The smallest absolute Gasteiger partial charge is 0.0312 e. The van der Waals surface area contributed by atoms with Crippen molar-refractivity contribution in [2.75, 3.05) is 0 Å². The number of alkyl halides is 1. The Labute approximate surface area is 81.7 Å². The maximum Gasteiger partial charge on any atom is 0.0312 e. The topological polar surface area (TPSA) is 0 Å². The molecule has 0 nitrogen and oxygen atoms in total. The van der Waals surface area contributed by atoms with Crippen molar-refractivity contribution in [1.82, 2.24) is 0 Å². The van der Waals surface area contributed by atoms with E-state index in [0.29, 0.717) is 5.41 Å². The van der Waals surface area contributed by atoms with Crippen LogP contribution in [-0.2, 0) is 0 Å². The molecule has 12 heavy (non-hydrogen) atoms. The largest absolute Gasteiger partial charge is 0.123 e. The van der Waals surface area contributed by atoms with Gasteiger partial charge in [-0.3, -0.25) is 0 Å². The van der Waals surface area contributed by atoms with Gasteiger partial charge in [-0.25, -0.2) is 0 Å². The van der Waals surface area contributed by atoms with Gasteiger partial charge in [-0.15, -0.1) is 23.4 Å². The van der Waals surface area contributed by atoms with Crippen LogP contribution in [0.2, 0.25) is 0 Å². The highest BCUT2D eigenvalue weighted by molar-refractivity contribution is 6.20. The lowest BCUT2D eigenvalue weighted by Crippen LogP contribution is -2.15. The predicted octanol–water partition coefficient (Wildman–Crippen LogP) is 3.83. The van der Waals surface area contributed by atoms with Crippen LogP contribution in [0.15, 0.2) is 0 Å². The lowest BCUT2D eigenvalue weighted by atomic mass is 9.83. The van der Waals surface area contributed by atoms with Gasteiger partial charge in [0.1, 0.15) is 0 Å². The van der Waals surface area contributed by atoms with Crippen molar-refractivity contribution in [2.45, 2.75) is 52.3 Å². The zero-order chi connectivity index (χ0) is 9.61. The molecule has 0 amide bonds. The third kappa shape index (κ3) is 6.55. The van der Waals surface area contributed by atoms with E-state index in [9.17, 15) is 0 Å². The van der Waals surface area contributed by atoms with Crippen molar-refractivity contribution in [1.29, 1.82) is 0 Å². The van der Waals surface area contributed by atoms with Crippen molar-refractivity contribution in [3.63, 3.8) is 0 Å². The summed E-state index contributed by atoms with van der Waals surface area (Å²) in [5.41, 5.74) is 0.338. The maximum atomic E-state index is 5.94. The van der Waals surface area contributed by atoms with E-state index in [-0.39, 0.29) is 5.38 Å². The summed E-state index contributed by atoms with van der Waals surface area (Å²) in [6.07, 6.45) is 3.21. The van der Waals surface area contributed by atoms with Crippen molar-refractivity contribution in [3.05, 3.63) is 0 Å². The standard InChI is InChI=1S/C11H19Cl/c1-5-6-7-8-11(3,4)9-10(2)12/h10H,7-9H2,1-4H3. The Hall–Kier alpha value is -0.150. The maximum absolute atomic E-state index is 5.94. The fraction of sp³-hybridized carbons (Fsp3) is 0.818. The first-order chi connectivity index (χ1) is 5.48. The Bertz CT molecular complexity index is 169. The Morgan fingerprint density at radius 1 is 1.42 bits per heavy atom. The van der Waals surface area contributed by atoms with Crippen LogP contribution in [0, 0.1) is 17.3 Å². The molecule has 0 fully saturated rings. The molecular formula is C11H19Cl. The van der Waals surface area contributed by atoms with Crippen molar-refractivity contribution in [2.24, 2.45) is 5.41 Å². The summed E-state index contributed by atoms with van der Waals surface area (Å²) in [6.45, 7) is 8.44. The molecule has 0 aliphatic rings. The fourth-order valence-corrected chi connectivity index (χ4v) is 1.81. The SMILES string of the molecule is CC#CCCC(C)(C)CC(C)Cl. The minimum atomic E-state index is 0.273. The first-order valence-corrected chi connectivity index (χ1v) is 4.95. The van der Waals surface area contributed by atoms with E-state index in [1.54, 1.807) is 0 Å². The van der Waals surface area contributed by atoms with E-state index in [1.807, 2.05) is 6.92 Å². The van der Waals surface area contributed by atoms with Crippen molar-refractivity contribution in [3.8, 4) is 11.8 Å². The molecule has 0 aromatic heterocycles. The molecule has 0 aliphatic carbocycles. The summed E-state index contributed by atoms with van der Waals surface area (Å²) in [5, 5.41) is 0.273. The van der Waals surface area contributed by atoms with Gasteiger partial charge >= 0.3 is 0 Å². The first-order valence-electron chi connectivity index (χ1n) is 4.51. The van der Waals surface area contributed by atoms with Gasteiger partial charge in [-0.2, -0.15) is 0 Å². The highest BCUT2D eigenvalue weighted by Gasteiger charge is 2.18. The van der Waals surface area contributed by atoms with Gasteiger partial charge < -0.3 is 0 Å². The van der Waals surface area contributed by atoms with E-state index < -0.39 is 0 Å². The second-order valence-electron chi connectivity index (χ2n) is 4.08. The Morgan fingerprint density at radius 3 is 2.42 bits per heavy atom. The normalized spacial score (nSPS) is 13.4. The van der Waals surface area contributed by atoms with Gasteiger partial charge in [0.15, 0.2) is 0 Å². The summed E-state index contributed by atoms with van der Waals surface area (Å²) in [6, 6.07) is 0. The molecule has 0 saturated heterocycles. The zero-order valence-electron chi connectivity index (χ0n) is 8.58. The molecule has 0 heterocycles. The summed E-state index contributed by atoms with van der Waals surface area (Å²) in [4.78, 5) is 0. The van der Waals surface area contributed by atoms with E-state index in [1.165, 1.54) is 0 Å². The molecule has 1 atom stereocenters. The third-order valence-electron chi connectivity index (χ3n) is 1.94. The van der Waals surface area contributed by atoms with E-state index in [4.69, 9.17) is 11.6 Å². The Morgan fingerprint density at radius 2 is 2.00 bits per heavy atom. The molecule has 0 aliphatic heterocycles. The second-order valence-corrected chi connectivity index (χ2v) is 4.82. The Balaban J connectivity index is 3.75. The number of hydrogen-bond acceptors (Lipinski definition) is 0. The molecule has 1 heteroatoms. The molecule has 70 valence electrons. The van der Waals surface area contributed by atoms with Crippen LogP contribution in [-0.4, -0.2) is 5.38 Å². The lowest BCUT2D eigenvalue weighted by Gasteiger charge is -2.24. The summed E-state index contributed by atoms with van der Waals surface area (Å²) in [7, 11) is 0. The molecule has 0 aromatic rings. The first kappa shape index (κ1) is 11.8. The van der Waals surface area contributed by atoms with E-state index in [2.05, 4.69) is 32.6 Å². The number of rotatable bonds is 4. The minimum absolute atomic E-state index is 0.273. The van der Waals surface area contributed by atoms with Gasteiger partial charge in [-0.1, -0.05) is 13.8 Å². The van der Waals surface area contributed by atoms with Gasteiger partial charge in [0.05, 0.1) is 0 Å². The molecule has 0 bridgehead atoms. The molecule has 0 radical (unpaired) electrons. The molecular weight excluding hydrogens is 168 g/mol. The van der Waals surface area contributed by atoms with Crippen LogP contribution in [0.3, 0.4) is 0 Å². The quantitative estimate of drug-likeness (QED) is 0.463. The van der Waals surface area contributed by atoms with Crippen LogP contribution in [0.1, 0.15) is 47.0 Å². The molecule has 0 spiro atoms. The van der Waals surface area contributed by atoms with Crippen LogP contribution in [0.4, 0.5) is 0 Å². The number of halogens is 1. The van der Waals surface area contributed by atoms with E-state index in [0.717, 1.165) is 19.3 Å². The van der Waals surface area contributed by atoms with Crippen LogP contribution in [0.5, 0.6) is 0 Å². The van der Waals surface area contributed by atoms with E-state index >= 15 is 0 Å². The average molecular weight is 187 g/mol. The summed E-state index contributed by atoms with van der Waals surface area (Å²) in [5.74, 6) is 6.00. The number of hydrogen-bond donors (Lipinski definition) is 0. The molecule has 0 rings (SSSR count). The highest BCUT2D eigenvalue weighted by atomic mass is 35.5. The Kier molecular flexibility index (Phi) is 5.42. The van der Waals surface area contributed by atoms with Crippen LogP contribution >= 0.6 is 11.6 Å². The van der Waals surface area contributed by atoms with Gasteiger partial charge in [-0.05, 0) is 32.1 Å². The summed E-state index contributed by atoms with van der Waals surface area (Å²) < 4.78 is 0. The zero-order valence-corrected chi connectivity index (χ0v) is 9.33. The predicted molar refractivity (Wildman–Crippen MR) is 56.4 cm³/mol. The molecule has 0 aromatic carbocycles. The van der Waals surface area contributed by atoms with Gasteiger partial charge in [0.2, 0.25) is 0 Å².